The molecular formula is C26H24ClNO6. The Balaban J connectivity index is 1.34. The third-order valence-electron chi connectivity index (χ3n) is 5.53. The van der Waals surface area contributed by atoms with Gasteiger partial charge in [-0.1, -0.05) is 18.2 Å². The Bertz CT molecular complexity index is 1180. The summed E-state index contributed by atoms with van der Waals surface area (Å²) >= 11 is 6.12. The zero-order valence-corrected chi connectivity index (χ0v) is 19.2. The van der Waals surface area contributed by atoms with Gasteiger partial charge in [-0.2, -0.15) is 0 Å². The third kappa shape index (κ3) is 5.43. The van der Waals surface area contributed by atoms with Gasteiger partial charge in [0.05, 0.1) is 12.5 Å². The first-order valence-corrected chi connectivity index (χ1v) is 11.2. The summed E-state index contributed by atoms with van der Waals surface area (Å²) < 4.78 is 16.7. The molecule has 1 aliphatic rings. The van der Waals surface area contributed by atoms with E-state index in [1.165, 1.54) is 0 Å². The van der Waals surface area contributed by atoms with Crippen molar-refractivity contribution in [1.82, 2.24) is 5.32 Å². The number of carboxylic acids is 1. The quantitative estimate of drug-likeness (QED) is 0.456. The third-order valence-corrected chi connectivity index (χ3v) is 5.91. The number of carboxylic acid groups (broad SMARTS) is 1. The Morgan fingerprint density at radius 3 is 2.56 bits per heavy atom. The summed E-state index contributed by atoms with van der Waals surface area (Å²) in [6.07, 6.45) is 0.692. The molecule has 7 nitrogen and oxygen atoms in total. The maximum absolute atomic E-state index is 12.4. The summed E-state index contributed by atoms with van der Waals surface area (Å²) in [6, 6.07) is 19.5. The van der Waals surface area contributed by atoms with Crippen molar-refractivity contribution >= 4 is 23.5 Å². The fraction of sp³-hybridized carbons (Fsp3) is 0.231. The van der Waals surface area contributed by atoms with E-state index in [9.17, 15) is 14.7 Å². The van der Waals surface area contributed by atoms with Crippen molar-refractivity contribution in [1.29, 1.82) is 0 Å². The highest BCUT2D eigenvalue weighted by Gasteiger charge is 2.35. The molecule has 1 heterocycles. The Kier molecular flexibility index (Phi) is 7.23. The highest BCUT2D eigenvalue weighted by Crippen LogP contribution is 2.39. The molecule has 2 N–H and O–H groups in total. The van der Waals surface area contributed by atoms with Gasteiger partial charge < -0.3 is 24.6 Å². The number of nitrogens with one attached hydrogen (secondary N) is 1. The van der Waals surface area contributed by atoms with Crippen molar-refractivity contribution in [3.8, 4) is 23.0 Å². The maximum atomic E-state index is 12.4. The highest BCUT2D eigenvalue weighted by molar-refractivity contribution is 6.23. The van der Waals surface area contributed by atoms with Crippen molar-refractivity contribution in [2.45, 2.75) is 17.7 Å². The van der Waals surface area contributed by atoms with Gasteiger partial charge in [0.1, 0.15) is 35.5 Å². The first kappa shape index (κ1) is 23.4. The van der Waals surface area contributed by atoms with Crippen LogP contribution in [0.1, 0.15) is 27.4 Å². The fourth-order valence-corrected chi connectivity index (χ4v) is 4.08. The first-order valence-electron chi connectivity index (χ1n) is 10.8. The predicted octanol–water partition coefficient (Wildman–Crippen LogP) is 4.63. The largest absolute Gasteiger partial charge is 0.497 e. The Hall–Kier alpha value is -3.71. The number of hydrogen-bond donors (Lipinski definition) is 2. The highest BCUT2D eigenvalue weighted by atomic mass is 35.5. The van der Waals surface area contributed by atoms with Crippen LogP contribution in [0.5, 0.6) is 23.0 Å². The van der Waals surface area contributed by atoms with E-state index in [1.807, 2.05) is 24.3 Å². The minimum absolute atomic E-state index is 0.108. The summed E-state index contributed by atoms with van der Waals surface area (Å²) in [5.41, 5.74) is 2.12. The lowest BCUT2D eigenvalue weighted by atomic mass is 9.93. The second-order valence-corrected chi connectivity index (χ2v) is 8.39. The Morgan fingerprint density at radius 1 is 1.06 bits per heavy atom. The number of alkyl halides is 1. The molecule has 1 aliphatic heterocycles. The second-order valence-electron chi connectivity index (χ2n) is 7.83. The average Bonchev–Trinajstić information content (AvgIpc) is 2.84. The van der Waals surface area contributed by atoms with E-state index in [4.69, 9.17) is 25.8 Å². The van der Waals surface area contributed by atoms with Crippen molar-refractivity contribution in [2.75, 3.05) is 20.3 Å². The van der Waals surface area contributed by atoms with E-state index in [0.29, 0.717) is 41.3 Å². The summed E-state index contributed by atoms with van der Waals surface area (Å²) in [5, 5.41) is 11.7. The number of carbonyl (C=O) groups is 2. The maximum Gasteiger partial charge on any atom is 0.312 e. The molecule has 0 aliphatic carbocycles. The van der Waals surface area contributed by atoms with E-state index < -0.39 is 17.3 Å². The summed E-state index contributed by atoms with van der Waals surface area (Å²) in [5.74, 6) is 0.257. The van der Waals surface area contributed by atoms with Gasteiger partial charge in [-0.15, -0.1) is 11.6 Å². The van der Waals surface area contributed by atoms with Gasteiger partial charge in [0.25, 0.3) is 5.91 Å². The van der Waals surface area contributed by atoms with Crippen molar-refractivity contribution in [2.24, 2.45) is 0 Å². The first-order chi connectivity index (χ1) is 16.4. The standard InChI is InChI=1S/C26H24ClNO6/c1-32-19-4-2-3-16(13-19)11-12-28-25(29)17-5-7-18(8-6-17)34-20-9-10-21-23(14-20)33-15-22(27)24(21)26(30)31/h2-10,13-14,22,24H,11-12,15H2,1H3,(H,28,29)(H,30,31). The molecule has 3 aromatic rings. The molecule has 2 unspecified atom stereocenters. The van der Waals surface area contributed by atoms with E-state index in [0.717, 1.165) is 11.3 Å². The predicted molar refractivity (Wildman–Crippen MR) is 128 cm³/mol. The number of methoxy groups -OCH3 is 1. The van der Waals surface area contributed by atoms with Crippen LogP contribution in [0.4, 0.5) is 0 Å². The molecule has 3 aromatic carbocycles. The Morgan fingerprint density at radius 2 is 1.82 bits per heavy atom. The zero-order valence-electron chi connectivity index (χ0n) is 18.5. The molecule has 176 valence electrons. The van der Waals surface area contributed by atoms with Gasteiger partial charge in [-0.3, -0.25) is 9.59 Å². The molecule has 0 saturated heterocycles. The van der Waals surface area contributed by atoms with E-state index in [1.54, 1.807) is 49.6 Å². The average molecular weight is 482 g/mol. The number of aliphatic carboxylic acids is 1. The SMILES string of the molecule is COc1cccc(CCNC(=O)c2ccc(Oc3ccc4c(c3)OCC(Cl)C4C(=O)O)cc2)c1. The smallest absolute Gasteiger partial charge is 0.312 e. The molecular weight excluding hydrogens is 458 g/mol. The second kappa shape index (κ2) is 10.5. The van der Waals surface area contributed by atoms with Crippen molar-refractivity contribution in [3.05, 3.63) is 83.4 Å². The molecule has 1 amide bonds. The van der Waals surface area contributed by atoms with Gasteiger partial charge in [-0.25, -0.2) is 0 Å². The minimum Gasteiger partial charge on any atom is -0.497 e. The molecule has 0 fully saturated rings. The van der Waals surface area contributed by atoms with Crippen LogP contribution in [0.15, 0.2) is 66.7 Å². The topological polar surface area (TPSA) is 94.1 Å². The molecule has 0 saturated carbocycles. The van der Waals surface area contributed by atoms with E-state index >= 15 is 0 Å². The van der Waals surface area contributed by atoms with Crippen LogP contribution in [0.2, 0.25) is 0 Å². The van der Waals surface area contributed by atoms with Crippen LogP contribution >= 0.6 is 11.6 Å². The van der Waals surface area contributed by atoms with Crippen LogP contribution in [-0.2, 0) is 11.2 Å². The van der Waals surface area contributed by atoms with Gasteiger partial charge in [-0.05, 0) is 54.4 Å². The van der Waals surface area contributed by atoms with Crippen LogP contribution in [-0.4, -0.2) is 42.6 Å². The van der Waals surface area contributed by atoms with Crippen LogP contribution in [0.25, 0.3) is 0 Å². The van der Waals surface area contributed by atoms with Gasteiger partial charge in [0.15, 0.2) is 0 Å². The monoisotopic (exact) mass is 481 g/mol. The summed E-state index contributed by atoms with van der Waals surface area (Å²) in [6.45, 7) is 0.608. The summed E-state index contributed by atoms with van der Waals surface area (Å²) in [7, 11) is 1.62. The van der Waals surface area contributed by atoms with Crippen LogP contribution in [0, 0.1) is 0 Å². The number of carbonyl (C=O) groups excluding carboxylic acids is 1. The molecule has 0 spiro atoms. The number of ether oxygens (including phenoxy) is 3. The summed E-state index contributed by atoms with van der Waals surface area (Å²) in [4.78, 5) is 24.0. The molecule has 0 radical (unpaired) electrons. The lowest BCUT2D eigenvalue weighted by Gasteiger charge is -2.27. The van der Waals surface area contributed by atoms with Crippen LogP contribution in [0.3, 0.4) is 0 Å². The van der Waals surface area contributed by atoms with Crippen molar-refractivity contribution < 1.29 is 28.9 Å². The minimum atomic E-state index is -0.990. The lowest BCUT2D eigenvalue weighted by molar-refractivity contribution is -0.139. The van der Waals surface area contributed by atoms with E-state index in [-0.39, 0.29) is 12.5 Å². The molecule has 0 aromatic heterocycles. The number of fused-ring (bicyclic) bond motifs is 1. The number of amides is 1. The molecule has 0 bridgehead atoms. The molecule has 4 rings (SSSR count). The van der Waals surface area contributed by atoms with E-state index in [2.05, 4.69) is 5.32 Å². The number of halogens is 1. The molecule has 2 atom stereocenters. The normalized spacial score (nSPS) is 16.6. The number of benzene rings is 3. The molecule has 34 heavy (non-hydrogen) atoms. The molecule has 8 heteroatoms. The Labute approximate surface area is 202 Å². The number of rotatable bonds is 8. The lowest BCUT2D eigenvalue weighted by Crippen LogP contribution is -2.31. The fourth-order valence-electron chi connectivity index (χ4n) is 3.77. The number of hydrogen-bond acceptors (Lipinski definition) is 5. The van der Waals surface area contributed by atoms with Gasteiger partial charge in [0.2, 0.25) is 0 Å². The van der Waals surface area contributed by atoms with Gasteiger partial charge >= 0.3 is 5.97 Å². The van der Waals surface area contributed by atoms with Crippen LogP contribution < -0.4 is 19.5 Å². The van der Waals surface area contributed by atoms with Crippen molar-refractivity contribution in [3.63, 3.8) is 0 Å². The zero-order chi connectivity index (χ0) is 24.1. The van der Waals surface area contributed by atoms with Gasteiger partial charge in [0, 0.05) is 23.7 Å².